The number of carbonyl (C=O) groups excluding carboxylic acids is 1. The van der Waals surface area contributed by atoms with Crippen LogP contribution in [0.25, 0.3) is 16.9 Å². The molecule has 23 heavy (non-hydrogen) atoms. The normalized spacial score (nSPS) is 10.7. The van der Waals surface area contributed by atoms with Crippen molar-refractivity contribution in [2.24, 2.45) is 0 Å². The van der Waals surface area contributed by atoms with Crippen LogP contribution in [0.1, 0.15) is 16.1 Å². The molecule has 3 aromatic rings. The molecular weight excluding hydrogens is 362 g/mol. The molecule has 1 aromatic carbocycles. The van der Waals surface area contributed by atoms with Gasteiger partial charge in [0.1, 0.15) is 11.2 Å². The number of esters is 1. The first-order valence-corrected chi connectivity index (χ1v) is 7.89. The fourth-order valence-electron chi connectivity index (χ4n) is 2.28. The molecule has 0 aliphatic heterocycles. The first kappa shape index (κ1) is 15.4. The molecule has 0 unspecified atom stereocenters. The maximum absolute atomic E-state index is 12.7. The zero-order valence-electron chi connectivity index (χ0n) is 12.2. The lowest BCUT2D eigenvalue weighted by molar-refractivity contribution is 0.0600. The van der Waals surface area contributed by atoms with Crippen LogP contribution >= 0.6 is 15.9 Å². The van der Waals surface area contributed by atoms with Gasteiger partial charge in [-0.1, -0.05) is 22.0 Å². The van der Waals surface area contributed by atoms with E-state index in [1.807, 2.05) is 0 Å². The molecular formula is C16H12BrN3O3. The van der Waals surface area contributed by atoms with Crippen molar-refractivity contribution in [3.8, 4) is 5.69 Å². The molecule has 0 fully saturated rings. The fraction of sp³-hybridized carbons (Fsp3) is 0.125. The maximum atomic E-state index is 12.7. The van der Waals surface area contributed by atoms with Crippen LogP contribution in [0, 0.1) is 0 Å². The Hall–Kier alpha value is -2.54. The van der Waals surface area contributed by atoms with E-state index in [4.69, 9.17) is 4.74 Å². The Kier molecular flexibility index (Phi) is 4.20. The van der Waals surface area contributed by atoms with Gasteiger partial charge in [-0.05, 0) is 30.3 Å². The van der Waals surface area contributed by atoms with Gasteiger partial charge in [0.25, 0.3) is 5.56 Å². The van der Waals surface area contributed by atoms with Crippen LogP contribution in [0.2, 0.25) is 0 Å². The molecule has 0 radical (unpaired) electrons. The van der Waals surface area contributed by atoms with Crippen molar-refractivity contribution in [3.63, 3.8) is 0 Å². The van der Waals surface area contributed by atoms with E-state index < -0.39 is 5.97 Å². The summed E-state index contributed by atoms with van der Waals surface area (Å²) in [7, 11) is 1.31. The fourth-order valence-corrected chi connectivity index (χ4v) is 2.65. The minimum absolute atomic E-state index is 0.282. The lowest BCUT2D eigenvalue weighted by atomic mass is 10.2. The van der Waals surface area contributed by atoms with Crippen molar-refractivity contribution in [3.05, 3.63) is 64.2 Å². The van der Waals surface area contributed by atoms with Crippen LogP contribution in [-0.2, 0) is 10.1 Å². The number of fused-ring (bicyclic) bond motifs is 1. The first-order valence-electron chi connectivity index (χ1n) is 6.77. The van der Waals surface area contributed by atoms with Crippen molar-refractivity contribution < 1.29 is 9.53 Å². The van der Waals surface area contributed by atoms with Crippen molar-refractivity contribution in [1.82, 2.24) is 14.5 Å². The van der Waals surface area contributed by atoms with Gasteiger partial charge in [0.2, 0.25) is 0 Å². The quantitative estimate of drug-likeness (QED) is 0.520. The van der Waals surface area contributed by atoms with Crippen molar-refractivity contribution >= 4 is 33.1 Å². The molecule has 0 saturated heterocycles. The van der Waals surface area contributed by atoms with Gasteiger partial charge in [-0.2, -0.15) is 0 Å². The van der Waals surface area contributed by atoms with Gasteiger partial charge in [-0.25, -0.2) is 14.8 Å². The van der Waals surface area contributed by atoms with E-state index in [1.165, 1.54) is 11.7 Å². The SMILES string of the molecule is COC(=O)c1cccc(-n2c(=O)c(CBr)nc3cccnc32)c1. The summed E-state index contributed by atoms with van der Waals surface area (Å²) in [5, 5.41) is 0.327. The van der Waals surface area contributed by atoms with E-state index in [-0.39, 0.29) is 5.56 Å². The number of rotatable bonds is 3. The second-order valence-electron chi connectivity index (χ2n) is 4.72. The molecule has 0 spiro atoms. The van der Waals surface area contributed by atoms with Gasteiger partial charge in [0.05, 0.1) is 23.7 Å². The summed E-state index contributed by atoms with van der Waals surface area (Å²) in [6.07, 6.45) is 1.60. The Labute approximate surface area is 139 Å². The molecule has 7 heteroatoms. The summed E-state index contributed by atoms with van der Waals surface area (Å²) in [5.41, 5.74) is 2.02. The van der Waals surface area contributed by atoms with Gasteiger partial charge >= 0.3 is 5.97 Å². The van der Waals surface area contributed by atoms with Gasteiger partial charge in [0, 0.05) is 6.20 Å². The van der Waals surface area contributed by atoms with Gasteiger partial charge in [0.15, 0.2) is 5.65 Å². The third-order valence-corrected chi connectivity index (χ3v) is 3.87. The van der Waals surface area contributed by atoms with Crippen LogP contribution in [0.4, 0.5) is 0 Å². The highest BCUT2D eigenvalue weighted by atomic mass is 79.9. The van der Waals surface area contributed by atoms with Crippen LogP contribution < -0.4 is 5.56 Å². The Morgan fingerprint density at radius 2 is 2.13 bits per heavy atom. The molecule has 0 bridgehead atoms. The van der Waals surface area contributed by atoms with E-state index in [2.05, 4.69) is 25.9 Å². The van der Waals surface area contributed by atoms with Crippen molar-refractivity contribution in [1.29, 1.82) is 0 Å². The molecule has 2 aromatic heterocycles. The number of alkyl halides is 1. The average molecular weight is 374 g/mol. The second kappa shape index (κ2) is 6.29. The lowest BCUT2D eigenvalue weighted by Gasteiger charge is -2.11. The minimum Gasteiger partial charge on any atom is -0.465 e. The Bertz CT molecular complexity index is 953. The molecule has 116 valence electrons. The van der Waals surface area contributed by atoms with Gasteiger partial charge in [-0.3, -0.25) is 9.36 Å². The average Bonchev–Trinajstić information content (AvgIpc) is 2.60. The molecule has 0 aliphatic carbocycles. The van der Waals surface area contributed by atoms with Gasteiger partial charge < -0.3 is 4.74 Å². The van der Waals surface area contributed by atoms with Crippen LogP contribution in [0.15, 0.2) is 47.4 Å². The standard InChI is InChI=1S/C16H12BrN3O3/c1-23-16(22)10-4-2-5-11(8-10)20-14-12(6-3-7-18-14)19-13(9-17)15(20)21/h2-8H,9H2,1H3. The number of carbonyl (C=O) groups is 1. The summed E-state index contributed by atoms with van der Waals surface area (Å²) in [5.74, 6) is -0.466. The third-order valence-electron chi connectivity index (χ3n) is 3.34. The third kappa shape index (κ3) is 2.75. The number of benzene rings is 1. The monoisotopic (exact) mass is 373 g/mol. The van der Waals surface area contributed by atoms with Crippen LogP contribution in [0.5, 0.6) is 0 Å². The number of pyridine rings is 1. The largest absolute Gasteiger partial charge is 0.465 e. The maximum Gasteiger partial charge on any atom is 0.337 e. The molecule has 3 rings (SSSR count). The zero-order valence-corrected chi connectivity index (χ0v) is 13.8. The number of nitrogens with zero attached hydrogens (tertiary/aromatic N) is 3. The Balaban J connectivity index is 2.33. The molecule has 0 atom stereocenters. The molecule has 2 heterocycles. The van der Waals surface area contributed by atoms with E-state index >= 15 is 0 Å². The predicted octanol–water partition coefficient (Wildman–Crippen LogP) is 2.46. The summed E-state index contributed by atoms with van der Waals surface area (Å²) in [6.45, 7) is 0. The number of halogens is 1. The number of aromatic nitrogens is 3. The Morgan fingerprint density at radius 1 is 1.30 bits per heavy atom. The highest BCUT2D eigenvalue weighted by Gasteiger charge is 2.14. The second-order valence-corrected chi connectivity index (χ2v) is 5.28. The Morgan fingerprint density at radius 3 is 2.87 bits per heavy atom. The molecule has 0 N–H and O–H groups in total. The van der Waals surface area contributed by atoms with Crippen molar-refractivity contribution in [2.45, 2.75) is 5.33 Å². The molecule has 0 saturated carbocycles. The number of hydrogen-bond donors (Lipinski definition) is 0. The summed E-state index contributed by atoms with van der Waals surface area (Å²) >= 11 is 3.28. The summed E-state index contributed by atoms with van der Waals surface area (Å²) in [4.78, 5) is 33.0. The number of methoxy groups -OCH3 is 1. The topological polar surface area (TPSA) is 74.1 Å². The summed E-state index contributed by atoms with van der Waals surface area (Å²) < 4.78 is 6.18. The first-order chi connectivity index (χ1) is 11.2. The van der Waals surface area contributed by atoms with Crippen LogP contribution in [0.3, 0.4) is 0 Å². The van der Waals surface area contributed by atoms with E-state index in [0.717, 1.165) is 0 Å². The van der Waals surface area contributed by atoms with Crippen molar-refractivity contribution in [2.75, 3.05) is 7.11 Å². The van der Waals surface area contributed by atoms with Gasteiger partial charge in [-0.15, -0.1) is 0 Å². The minimum atomic E-state index is -0.466. The molecule has 0 aliphatic rings. The van der Waals surface area contributed by atoms with E-state index in [1.54, 1.807) is 42.6 Å². The van der Waals surface area contributed by atoms with E-state index in [9.17, 15) is 9.59 Å². The predicted molar refractivity (Wildman–Crippen MR) is 89.1 cm³/mol. The summed E-state index contributed by atoms with van der Waals surface area (Å²) in [6, 6.07) is 10.2. The van der Waals surface area contributed by atoms with E-state index in [0.29, 0.717) is 33.4 Å². The number of hydrogen-bond acceptors (Lipinski definition) is 5. The highest BCUT2D eigenvalue weighted by Crippen LogP contribution is 2.16. The molecule has 6 nitrogen and oxygen atoms in total. The van der Waals surface area contributed by atoms with Crippen LogP contribution in [-0.4, -0.2) is 27.6 Å². The molecule has 0 amide bonds. The zero-order chi connectivity index (χ0) is 16.4. The smallest absolute Gasteiger partial charge is 0.337 e. The lowest BCUT2D eigenvalue weighted by Crippen LogP contribution is -2.24. The highest BCUT2D eigenvalue weighted by molar-refractivity contribution is 9.08. The number of ether oxygens (including phenoxy) is 1.